The molecule has 2 aromatic rings. The first-order valence-electron chi connectivity index (χ1n) is 19.0. The van der Waals surface area contributed by atoms with Gasteiger partial charge in [-0.15, -0.1) is 0 Å². The second-order valence-electron chi connectivity index (χ2n) is 14.8. The van der Waals surface area contributed by atoms with Crippen molar-refractivity contribution in [3.63, 3.8) is 0 Å². The first kappa shape index (κ1) is 40.4. The Morgan fingerprint density at radius 2 is 1.73 bits per heavy atom. The number of carbonyl (C=O) groups excluding carboxylic acids is 2. The summed E-state index contributed by atoms with van der Waals surface area (Å²) in [5.74, 6) is 4.32. The van der Waals surface area contributed by atoms with E-state index in [9.17, 15) is 9.59 Å². The van der Waals surface area contributed by atoms with Crippen molar-refractivity contribution in [3.05, 3.63) is 84.1 Å². The van der Waals surface area contributed by atoms with Gasteiger partial charge in [-0.1, -0.05) is 81.5 Å². The average Bonchev–Trinajstić information content (AvgIpc) is 3.43. The number of Topliss-reactive ketones (excluding diaryl/α,β-unsaturated/α-hetero) is 1. The zero-order chi connectivity index (χ0) is 36.3. The molecule has 2 heterocycles. The number of rotatable bonds is 12. The Morgan fingerprint density at radius 3 is 2.38 bits per heavy atom. The van der Waals surface area contributed by atoms with Crippen molar-refractivity contribution in [1.82, 2.24) is 4.90 Å². The third-order valence-corrected chi connectivity index (χ3v) is 10.6. The lowest BCUT2D eigenvalue weighted by atomic mass is 9.80. The maximum atomic E-state index is 13.0. The van der Waals surface area contributed by atoms with Gasteiger partial charge in [-0.2, -0.15) is 5.10 Å². The minimum atomic E-state index is -0.500. The number of hydrogen-bond acceptors (Lipinski definition) is 7. The number of aliphatic imine (C=N–C) groups is 2. The van der Waals surface area contributed by atoms with Crippen LogP contribution in [0.1, 0.15) is 92.5 Å². The lowest BCUT2D eigenvalue weighted by Gasteiger charge is -2.29. The number of carbonyl (C=O) groups is 2. The van der Waals surface area contributed by atoms with Crippen LogP contribution in [0.4, 0.5) is 5.69 Å². The van der Waals surface area contributed by atoms with Gasteiger partial charge in [0.1, 0.15) is 23.2 Å². The zero-order valence-electron chi connectivity index (χ0n) is 32.1. The molecular formula is C43H61N5O4. The normalized spacial score (nSPS) is 22.7. The van der Waals surface area contributed by atoms with Crippen molar-refractivity contribution in [2.75, 3.05) is 25.7 Å². The number of ether oxygens (including phenoxy) is 1. The summed E-state index contributed by atoms with van der Waals surface area (Å²) in [6, 6.07) is 17.2. The average molecular weight is 712 g/mol. The van der Waals surface area contributed by atoms with E-state index < -0.39 is 5.92 Å². The molecule has 9 heteroatoms. The molecule has 52 heavy (non-hydrogen) atoms. The van der Waals surface area contributed by atoms with Crippen LogP contribution in [0, 0.1) is 29.6 Å². The van der Waals surface area contributed by atoms with Crippen LogP contribution in [0.2, 0.25) is 0 Å². The summed E-state index contributed by atoms with van der Waals surface area (Å²) in [5, 5.41) is 5.87. The lowest BCUT2D eigenvalue weighted by molar-refractivity contribution is -0.128. The number of anilines is 1. The van der Waals surface area contributed by atoms with E-state index in [-0.39, 0.29) is 24.5 Å². The molecular weight excluding hydrogens is 651 g/mol. The molecule has 2 aromatic carbocycles. The predicted octanol–water partition coefficient (Wildman–Crippen LogP) is 8.50. The summed E-state index contributed by atoms with van der Waals surface area (Å²) in [6.07, 6.45) is 18.2. The van der Waals surface area contributed by atoms with Crippen LogP contribution in [0.25, 0.3) is 0 Å². The van der Waals surface area contributed by atoms with Gasteiger partial charge in [0.15, 0.2) is 0 Å². The molecule has 0 aromatic heterocycles. The number of hydrazone groups is 1. The standard InChI is InChI=1S/C23H26N2O3.C20H31N3.H2O.H2/c1-4-28-20-13-10-18(11-14-20)12-15-21(17(3)26)22-16(2)24-25(23(22)27)19-8-6-5-7-9-19;1-15-11-13-16(14-12-15)7-6-10-19-21-18-9-5-4-8-17(18)20(22-19)23(2)3;;/h5-11,13-14,21-22H,4,12,15H2,1-3H3;4-5,9,15-17H,6-8,10-14H2,1-3H3;1H2;1H. The Labute approximate surface area is 312 Å². The molecule has 4 aliphatic rings. The van der Waals surface area contributed by atoms with Crippen molar-refractivity contribution in [2.45, 2.75) is 91.9 Å². The SMILES string of the molecule is CC1CCC(CCCC2=NC3=CC=CCC3C(N(C)C)=N2)CC1.CCOc1ccc(CCC(C(C)=O)C2C(=O)N(c3ccccc3)N=C2C)cc1.O.[HH]. The second kappa shape index (κ2) is 19.5. The Balaban J connectivity index is 0.000000280. The molecule has 2 aliphatic carbocycles. The fourth-order valence-electron chi connectivity index (χ4n) is 7.69. The number of fused-ring (bicyclic) bond motifs is 1. The van der Waals surface area contributed by atoms with Crippen LogP contribution in [-0.2, 0) is 16.0 Å². The van der Waals surface area contributed by atoms with E-state index >= 15 is 0 Å². The molecule has 282 valence electrons. The van der Waals surface area contributed by atoms with Gasteiger partial charge in [0.25, 0.3) is 5.91 Å². The molecule has 1 fully saturated rings. The molecule has 3 unspecified atom stereocenters. The molecule has 1 saturated carbocycles. The van der Waals surface area contributed by atoms with Crippen molar-refractivity contribution in [1.29, 1.82) is 0 Å². The Bertz CT molecular complexity index is 1640. The number of allylic oxidation sites excluding steroid dienone is 3. The third kappa shape index (κ3) is 10.6. The molecule has 0 bridgehead atoms. The summed E-state index contributed by atoms with van der Waals surface area (Å²) in [6.45, 7) is 8.37. The van der Waals surface area contributed by atoms with Crippen LogP contribution in [-0.4, -0.2) is 60.2 Å². The van der Waals surface area contributed by atoms with E-state index in [1.165, 1.54) is 55.1 Å². The second-order valence-corrected chi connectivity index (χ2v) is 14.8. The Morgan fingerprint density at radius 1 is 1.02 bits per heavy atom. The summed E-state index contributed by atoms with van der Waals surface area (Å²) in [4.78, 5) is 37.3. The number of para-hydroxylation sites is 1. The number of aryl methyl sites for hydroxylation is 1. The topological polar surface area (TPSA) is 118 Å². The highest BCUT2D eigenvalue weighted by molar-refractivity contribution is 6.16. The highest BCUT2D eigenvalue weighted by Gasteiger charge is 2.41. The Hall–Kier alpha value is -4.37. The van der Waals surface area contributed by atoms with Gasteiger partial charge in [0.05, 0.1) is 29.8 Å². The molecule has 9 nitrogen and oxygen atoms in total. The fourth-order valence-corrected chi connectivity index (χ4v) is 7.69. The minimum Gasteiger partial charge on any atom is -0.494 e. The third-order valence-electron chi connectivity index (χ3n) is 10.6. The summed E-state index contributed by atoms with van der Waals surface area (Å²) in [7, 11) is 4.20. The number of ketones is 1. The molecule has 1 amide bonds. The minimum absolute atomic E-state index is 0. The molecule has 0 radical (unpaired) electrons. The van der Waals surface area contributed by atoms with Gasteiger partial charge >= 0.3 is 0 Å². The summed E-state index contributed by atoms with van der Waals surface area (Å²) < 4.78 is 5.47. The van der Waals surface area contributed by atoms with Gasteiger partial charge in [-0.3, -0.25) is 9.59 Å². The molecule has 0 saturated heterocycles. The quantitative estimate of drug-likeness (QED) is 0.219. The van der Waals surface area contributed by atoms with Gasteiger partial charge in [0.2, 0.25) is 0 Å². The first-order chi connectivity index (χ1) is 24.6. The first-order valence-corrected chi connectivity index (χ1v) is 19.0. The predicted molar refractivity (Wildman–Crippen MR) is 215 cm³/mol. The number of benzene rings is 2. The van der Waals surface area contributed by atoms with Crippen molar-refractivity contribution < 1.29 is 21.2 Å². The van der Waals surface area contributed by atoms with Gasteiger partial charge in [-0.25, -0.2) is 15.0 Å². The van der Waals surface area contributed by atoms with E-state index in [2.05, 4.69) is 49.2 Å². The number of nitrogens with zero attached hydrogens (tertiary/aromatic N) is 5. The molecule has 0 spiro atoms. The number of amidine groups is 2. The van der Waals surface area contributed by atoms with Crippen LogP contribution in [0.5, 0.6) is 5.75 Å². The van der Waals surface area contributed by atoms with E-state index in [1.807, 2.05) is 68.4 Å². The van der Waals surface area contributed by atoms with E-state index in [0.29, 0.717) is 24.7 Å². The van der Waals surface area contributed by atoms with Crippen LogP contribution in [0.3, 0.4) is 0 Å². The van der Waals surface area contributed by atoms with Crippen LogP contribution in [0.15, 0.2) is 93.6 Å². The fraction of sp³-hybridized carbons (Fsp3) is 0.512. The summed E-state index contributed by atoms with van der Waals surface area (Å²) in [5.41, 5.74) is 3.74. The van der Waals surface area contributed by atoms with E-state index in [1.54, 1.807) is 6.92 Å². The van der Waals surface area contributed by atoms with Crippen LogP contribution >= 0.6 is 0 Å². The smallest absolute Gasteiger partial charge is 0.256 e. The maximum Gasteiger partial charge on any atom is 0.256 e. The highest BCUT2D eigenvalue weighted by atomic mass is 16.5. The largest absolute Gasteiger partial charge is 0.494 e. The van der Waals surface area contributed by atoms with Crippen LogP contribution < -0.4 is 9.75 Å². The van der Waals surface area contributed by atoms with Crippen molar-refractivity contribution in [2.24, 2.45) is 44.7 Å². The Kier molecular flexibility index (Phi) is 15.1. The van der Waals surface area contributed by atoms with Gasteiger partial charge in [0, 0.05) is 33.6 Å². The number of hydrogen-bond donors (Lipinski definition) is 0. The summed E-state index contributed by atoms with van der Waals surface area (Å²) >= 11 is 0. The highest BCUT2D eigenvalue weighted by Crippen LogP contribution is 2.34. The van der Waals surface area contributed by atoms with E-state index in [0.717, 1.165) is 53.9 Å². The zero-order valence-corrected chi connectivity index (χ0v) is 32.1. The van der Waals surface area contributed by atoms with E-state index in [4.69, 9.17) is 14.7 Å². The van der Waals surface area contributed by atoms with Crippen molar-refractivity contribution in [3.8, 4) is 5.75 Å². The van der Waals surface area contributed by atoms with Gasteiger partial charge < -0.3 is 15.1 Å². The maximum absolute atomic E-state index is 13.0. The number of amides is 1. The van der Waals surface area contributed by atoms with Crippen molar-refractivity contribution >= 4 is 34.8 Å². The van der Waals surface area contributed by atoms with Gasteiger partial charge in [-0.05, 0) is 94.2 Å². The molecule has 2 N–H and O–H groups in total. The molecule has 3 atom stereocenters. The molecule has 6 rings (SSSR count). The molecule has 2 aliphatic heterocycles. The monoisotopic (exact) mass is 711 g/mol. The lowest BCUT2D eigenvalue weighted by Crippen LogP contribution is -2.35.